The van der Waals surface area contributed by atoms with E-state index in [-0.39, 0.29) is 5.92 Å². The molecule has 5 nitrogen and oxygen atoms in total. The zero-order chi connectivity index (χ0) is 9.84. The molecule has 0 spiro atoms. The second-order valence-corrected chi connectivity index (χ2v) is 2.93. The van der Waals surface area contributed by atoms with Gasteiger partial charge in [0.25, 0.3) is 5.78 Å². The number of carbonyl (C=O) groups excluding carboxylic acids is 2. The highest BCUT2D eigenvalue weighted by molar-refractivity contribution is 6.62. The van der Waals surface area contributed by atoms with E-state index in [1.807, 2.05) is 0 Å². The van der Waals surface area contributed by atoms with E-state index < -0.39 is 17.5 Å². The van der Waals surface area contributed by atoms with Gasteiger partial charge in [-0.2, -0.15) is 4.79 Å². The summed E-state index contributed by atoms with van der Waals surface area (Å²) in [5, 5.41) is 0. The summed E-state index contributed by atoms with van der Waals surface area (Å²) in [6.07, 6.45) is 2.50. The van der Waals surface area contributed by atoms with Crippen LogP contribution in [0.1, 0.15) is 19.3 Å². The average molecular weight is 182 g/mol. The summed E-state index contributed by atoms with van der Waals surface area (Å²) in [5.74, 6) is -1.45. The first-order valence-corrected chi connectivity index (χ1v) is 4.05. The van der Waals surface area contributed by atoms with Crippen LogP contribution in [0.25, 0.3) is 5.53 Å². The van der Waals surface area contributed by atoms with Crippen LogP contribution in [0, 0.1) is 5.92 Å². The Kier molecular flexibility index (Phi) is 2.93. The van der Waals surface area contributed by atoms with E-state index in [4.69, 9.17) is 5.53 Å². The third kappa shape index (κ3) is 1.81. The van der Waals surface area contributed by atoms with Gasteiger partial charge in [-0.05, 0) is 12.8 Å². The van der Waals surface area contributed by atoms with Crippen LogP contribution in [0.3, 0.4) is 0 Å². The van der Waals surface area contributed by atoms with Gasteiger partial charge in [-0.15, -0.1) is 0 Å². The number of nitrogens with zero attached hydrogens (tertiary/aromatic N) is 2. The third-order valence-corrected chi connectivity index (χ3v) is 2.19. The Bertz CT molecular complexity index is 288. The molecule has 0 bridgehead atoms. The van der Waals surface area contributed by atoms with Crippen molar-refractivity contribution >= 4 is 17.5 Å². The van der Waals surface area contributed by atoms with Crippen molar-refractivity contribution in [3.8, 4) is 0 Å². The number of hydrogen-bond donors (Lipinski definition) is 0. The lowest BCUT2D eigenvalue weighted by molar-refractivity contribution is -0.140. The first-order chi connectivity index (χ1) is 6.20. The van der Waals surface area contributed by atoms with E-state index in [2.05, 4.69) is 9.53 Å². The highest BCUT2D eigenvalue weighted by Gasteiger charge is 2.38. The van der Waals surface area contributed by atoms with Gasteiger partial charge < -0.3 is 10.3 Å². The molecular formula is C8H10N2O3. The first kappa shape index (κ1) is 9.61. The highest BCUT2D eigenvalue weighted by atomic mass is 16.5. The smallest absolute Gasteiger partial charge is 0.441 e. The molecule has 0 atom stereocenters. The van der Waals surface area contributed by atoms with Gasteiger partial charge in [0.2, 0.25) is 0 Å². The molecule has 0 aliphatic heterocycles. The van der Waals surface area contributed by atoms with Crippen molar-refractivity contribution in [3.63, 3.8) is 0 Å². The minimum atomic E-state index is -0.876. The molecule has 0 amide bonds. The standard InChI is InChI=1S/C8H10N2O3/c1-13-8(12)6(10-9)7(11)5-3-2-4-5/h5H,2-4H2,1H3. The van der Waals surface area contributed by atoms with E-state index in [9.17, 15) is 9.59 Å². The summed E-state index contributed by atoms with van der Waals surface area (Å²) in [4.78, 5) is 24.9. The molecule has 1 saturated carbocycles. The van der Waals surface area contributed by atoms with Crippen molar-refractivity contribution < 1.29 is 19.1 Å². The Hall–Kier alpha value is -1.48. The molecule has 5 heteroatoms. The van der Waals surface area contributed by atoms with Crippen LogP contribution in [0.15, 0.2) is 0 Å². The van der Waals surface area contributed by atoms with E-state index in [0.29, 0.717) is 0 Å². The predicted molar refractivity (Wildman–Crippen MR) is 43.0 cm³/mol. The predicted octanol–water partition coefficient (Wildman–Crippen LogP) is 0.199. The molecule has 0 heterocycles. The van der Waals surface area contributed by atoms with E-state index in [0.717, 1.165) is 26.4 Å². The molecule has 1 fully saturated rings. The maximum Gasteiger partial charge on any atom is 0.441 e. The SMILES string of the molecule is COC(=O)C(=[N+]=[N-])C(=O)C1CCC1. The monoisotopic (exact) mass is 182 g/mol. The molecule has 0 aromatic carbocycles. The van der Waals surface area contributed by atoms with Crippen LogP contribution in [-0.2, 0) is 14.3 Å². The molecule has 0 radical (unpaired) electrons. The number of carbonyl (C=O) groups is 2. The van der Waals surface area contributed by atoms with Crippen molar-refractivity contribution in [1.82, 2.24) is 0 Å². The third-order valence-electron chi connectivity index (χ3n) is 2.19. The fourth-order valence-electron chi connectivity index (χ4n) is 1.15. The Labute approximate surface area is 75.3 Å². The van der Waals surface area contributed by atoms with Crippen LogP contribution < -0.4 is 0 Å². The van der Waals surface area contributed by atoms with Gasteiger partial charge in [-0.3, -0.25) is 4.79 Å². The molecule has 1 rings (SSSR count). The van der Waals surface area contributed by atoms with Gasteiger partial charge in [0.15, 0.2) is 0 Å². The first-order valence-electron chi connectivity index (χ1n) is 4.05. The molecule has 1 aliphatic rings. The lowest BCUT2D eigenvalue weighted by atomic mass is 9.80. The lowest BCUT2D eigenvalue weighted by Gasteiger charge is -2.20. The Morgan fingerprint density at radius 1 is 1.46 bits per heavy atom. The normalized spacial score (nSPS) is 15.5. The largest absolute Gasteiger partial charge is 0.460 e. The molecule has 0 aromatic rings. The molecule has 13 heavy (non-hydrogen) atoms. The van der Waals surface area contributed by atoms with Gasteiger partial charge in [0.05, 0.1) is 7.11 Å². The zero-order valence-corrected chi connectivity index (χ0v) is 7.32. The quantitative estimate of drug-likeness (QED) is 0.205. The molecule has 0 N–H and O–H groups in total. The highest BCUT2D eigenvalue weighted by Crippen LogP contribution is 2.27. The van der Waals surface area contributed by atoms with Crippen molar-refractivity contribution in [1.29, 1.82) is 0 Å². The minimum absolute atomic E-state index is 0.162. The second kappa shape index (κ2) is 3.96. The number of methoxy groups -OCH3 is 1. The second-order valence-electron chi connectivity index (χ2n) is 2.93. The Morgan fingerprint density at radius 2 is 2.08 bits per heavy atom. The number of ether oxygens (including phenoxy) is 1. The Morgan fingerprint density at radius 3 is 2.38 bits per heavy atom. The van der Waals surface area contributed by atoms with E-state index in [1.54, 1.807) is 0 Å². The van der Waals surface area contributed by atoms with Crippen LogP contribution in [0.5, 0.6) is 0 Å². The maximum absolute atomic E-state index is 11.4. The number of Topliss-reactive ketones (excluding diaryl/α,β-unsaturated/α-hetero) is 1. The summed E-state index contributed by atoms with van der Waals surface area (Å²) in [6.45, 7) is 0. The maximum atomic E-state index is 11.4. The van der Waals surface area contributed by atoms with Gasteiger partial charge >= 0.3 is 11.7 Å². The Balaban J connectivity index is 2.72. The van der Waals surface area contributed by atoms with Crippen molar-refractivity contribution in [2.75, 3.05) is 7.11 Å². The van der Waals surface area contributed by atoms with Gasteiger partial charge in [0, 0.05) is 5.92 Å². The van der Waals surface area contributed by atoms with E-state index >= 15 is 0 Å². The minimum Gasteiger partial charge on any atom is -0.460 e. The summed E-state index contributed by atoms with van der Waals surface area (Å²) in [6, 6.07) is 0. The van der Waals surface area contributed by atoms with Gasteiger partial charge in [0.1, 0.15) is 0 Å². The average Bonchev–Trinajstić information content (AvgIpc) is 2.02. The molecule has 0 saturated heterocycles. The number of ketones is 1. The lowest BCUT2D eigenvalue weighted by Crippen LogP contribution is -2.35. The summed E-state index contributed by atoms with van der Waals surface area (Å²) in [5.41, 5.74) is 7.94. The molecule has 0 unspecified atom stereocenters. The molecule has 1 aliphatic carbocycles. The summed E-state index contributed by atoms with van der Waals surface area (Å²) in [7, 11) is 1.14. The fourth-order valence-corrected chi connectivity index (χ4v) is 1.15. The van der Waals surface area contributed by atoms with Crippen LogP contribution in [0.4, 0.5) is 0 Å². The summed E-state index contributed by atoms with van der Waals surface area (Å²) >= 11 is 0. The van der Waals surface area contributed by atoms with Crippen molar-refractivity contribution in [3.05, 3.63) is 5.53 Å². The van der Waals surface area contributed by atoms with Crippen molar-refractivity contribution in [2.24, 2.45) is 5.92 Å². The molecule has 70 valence electrons. The van der Waals surface area contributed by atoms with Crippen LogP contribution in [-0.4, -0.2) is 29.4 Å². The topological polar surface area (TPSA) is 79.8 Å². The summed E-state index contributed by atoms with van der Waals surface area (Å²) < 4.78 is 4.29. The zero-order valence-electron chi connectivity index (χ0n) is 7.32. The number of rotatable bonds is 3. The molecule has 0 aromatic heterocycles. The van der Waals surface area contributed by atoms with Gasteiger partial charge in [-0.25, -0.2) is 4.79 Å². The molecular weight excluding hydrogens is 172 g/mol. The van der Waals surface area contributed by atoms with E-state index in [1.165, 1.54) is 0 Å². The van der Waals surface area contributed by atoms with Gasteiger partial charge in [-0.1, -0.05) is 6.42 Å². The van der Waals surface area contributed by atoms with Crippen molar-refractivity contribution in [2.45, 2.75) is 19.3 Å². The fraction of sp³-hybridized carbons (Fsp3) is 0.625. The number of esters is 1. The number of hydrogen-bond acceptors (Lipinski definition) is 3. The van der Waals surface area contributed by atoms with Crippen LogP contribution in [0.2, 0.25) is 0 Å². The van der Waals surface area contributed by atoms with Crippen LogP contribution >= 0.6 is 0 Å².